The molecule has 1 amide bonds. The molecule has 1 aliphatic heterocycles. The first-order valence-corrected chi connectivity index (χ1v) is 11.5. The van der Waals surface area contributed by atoms with Crippen molar-refractivity contribution in [1.29, 1.82) is 0 Å². The number of thiophene rings is 1. The highest BCUT2D eigenvalue weighted by Crippen LogP contribution is 2.35. The lowest BCUT2D eigenvalue weighted by Gasteiger charge is -2.31. The molecule has 8 nitrogen and oxygen atoms in total. The van der Waals surface area contributed by atoms with E-state index in [9.17, 15) is 4.79 Å². The van der Waals surface area contributed by atoms with Gasteiger partial charge < -0.3 is 26.0 Å². The molecule has 0 saturated carbocycles. The topological polar surface area (TPSA) is 105 Å². The smallest absolute Gasteiger partial charge is 0.249 e. The summed E-state index contributed by atoms with van der Waals surface area (Å²) in [6.07, 6.45) is 1.07. The van der Waals surface area contributed by atoms with Crippen molar-refractivity contribution in [3.8, 4) is 9.88 Å². The second-order valence-electron chi connectivity index (χ2n) is 6.86. The Morgan fingerprint density at radius 2 is 2.10 bits per heavy atom. The zero-order valence-corrected chi connectivity index (χ0v) is 18.3. The van der Waals surface area contributed by atoms with E-state index in [1.54, 1.807) is 11.4 Å². The Kier molecular flexibility index (Phi) is 6.46. The number of hydrogen-bond acceptors (Lipinski definition) is 9. The van der Waals surface area contributed by atoms with Crippen molar-refractivity contribution < 1.29 is 9.53 Å². The second-order valence-corrected chi connectivity index (χ2v) is 8.75. The summed E-state index contributed by atoms with van der Waals surface area (Å²) in [5.74, 6) is -0.437. The van der Waals surface area contributed by atoms with Crippen LogP contribution >= 0.6 is 22.7 Å². The van der Waals surface area contributed by atoms with Crippen molar-refractivity contribution in [2.75, 3.05) is 48.4 Å². The third kappa shape index (κ3) is 4.72. The molecule has 4 N–H and O–H groups in total. The Bertz CT molecular complexity index is 1010. The molecule has 1 fully saturated rings. The van der Waals surface area contributed by atoms with Crippen LogP contribution in [0.5, 0.6) is 0 Å². The van der Waals surface area contributed by atoms with Gasteiger partial charge in [-0.1, -0.05) is 18.3 Å². The maximum absolute atomic E-state index is 11.3. The molecular formula is C20H24N6O2S2. The zero-order chi connectivity index (χ0) is 20.9. The maximum atomic E-state index is 11.3. The van der Waals surface area contributed by atoms with Gasteiger partial charge in [-0.2, -0.15) is 0 Å². The summed E-state index contributed by atoms with van der Waals surface area (Å²) < 4.78 is 5.51. The molecule has 1 aliphatic rings. The van der Waals surface area contributed by atoms with E-state index in [0.717, 1.165) is 66.2 Å². The fourth-order valence-corrected chi connectivity index (χ4v) is 4.88. The summed E-state index contributed by atoms with van der Waals surface area (Å²) in [7, 11) is 0. The molecule has 30 heavy (non-hydrogen) atoms. The molecule has 0 atom stereocenters. The minimum atomic E-state index is -0.437. The summed E-state index contributed by atoms with van der Waals surface area (Å²) in [4.78, 5) is 14.5. The Hall–Kier alpha value is -2.69. The van der Waals surface area contributed by atoms with Gasteiger partial charge in [0.1, 0.15) is 0 Å². The van der Waals surface area contributed by atoms with E-state index in [-0.39, 0.29) is 0 Å². The first-order chi connectivity index (χ1) is 14.6. The van der Waals surface area contributed by atoms with Gasteiger partial charge in [-0.05, 0) is 30.7 Å². The maximum Gasteiger partial charge on any atom is 0.249 e. The van der Waals surface area contributed by atoms with E-state index in [2.05, 4.69) is 44.8 Å². The van der Waals surface area contributed by atoms with Gasteiger partial charge in [-0.3, -0.25) is 4.79 Å². The number of carbonyl (C=O) groups excluding carboxylic acids is 1. The molecule has 0 radical (unpaired) electrons. The van der Waals surface area contributed by atoms with E-state index in [1.807, 2.05) is 6.07 Å². The van der Waals surface area contributed by atoms with Crippen LogP contribution < -0.4 is 21.3 Å². The van der Waals surface area contributed by atoms with E-state index in [1.165, 1.54) is 22.7 Å². The predicted molar refractivity (Wildman–Crippen MR) is 123 cm³/mol. The van der Waals surface area contributed by atoms with Crippen molar-refractivity contribution in [3.63, 3.8) is 0 Å². The van der Waals surface area contributed by atoms with E-state index >= 15 is 0 Å². The van der Waals surface area contributed by atoms with Crippen molar-refractivity contribution >= 4 is 50.8 Å². The average Bonchev–Trinajstić information content (AvgIpc) is 3.43. The highest BCUT2D eigenvalue weighted by Gasteiger charge is 2.17. The van der Waals surface area contributed by atoms with Gasteiger partial charge in [0.15, 0.2) is 5.01 Å². The highest BCUT2D eigenvalue weighted by molar-refractivity contribution is 7.23. The molecule has 0 aliphatic carbocycles. The van der Waals surface area contributed by atoms with Crippen molar-refractivity contribution in [2.45, 2.75) is 13.3 Å². The number of anilines is 4. The molecule has 0 spiro atoms. The quantitative estimate of drug-likeness (QED) is 0.486. The number of aromatic nitrogens is 2. The number of amides is 1. The monoisotopic (exact) mass is 444 g/mol. The fourth-order valence-electron chi connectivity index (χ4n) is 3.16. The van der Waals surface area contributed by atoms with Crippen LogP contribution in [0.25, 0.3) is 9.88 Å². The molecular weight excluding hydrogens is 420 g/mol. The van der Waals surface area contributed by atoms with Gasteiger partial charge in [-0.25, -0.2) is 0 Å². The SMILES string of the molecule is CCCNc1ccc(Nc2nnc(-c3cc(C(N)=O)cs3)s2)cc1N1CCOCC1. The molecule has 1 saturated heterocycles. The Balaban J connectivity index is 1.54. The summed E-state index contributed by atoms with van der Waals surface area (Å²) >= 11 is 2.88. The van der Waals surface area contributed by atoms with Crippen LogP contribution in [0.1, 0.15) is 23.7 Å². The molecule has 1 aromatic carbocycles. The molecule has 3 heterocycles. The van der Waals surface area contributed by atoms with E-state index in [0.29, 0.717) is 10.7 Å². The lowest BCUT2D eigenvalue weighted by molar-refractivity contribution is 0.100. The predicted octanol–water partition coefficient (Wildman–Crippen LogP) is 3.77. The number of primary amides is 1. The molecule has 0 unspecified atom stereocenters. The minimum Gasteiger partial charge on any atom is -0.383 e. The van der Waals surface area contributed by atoms with E-state index < -0.39 is 5.91 Å². The number of morpholine rings is 1. The number of ether oxygens (including phenoxy) is 1. The summed E-state index contributed by atoms with van der Waals surface area (Å²) in [5, 5.41) is 18.6. The molecule has 158 valence electrons. The van der Waals surface area contributed by atoms with Crippen LogP contribution in [0, 0.1) is 0 Å². The van der Waals surface area contributed by atoms with Crippen molar-refractivity contribution in [1.82, 2.24) is 10.2 Å². The zero-order valence-electron chi connectivity index (χ0n) is 16.7. The number of nitrogens with zero attached hydrogens (tertiary/aromatic N) is 3. The number of benzene rings is 1. The molecule has 3 aromatic rings. The van der Waals surface area contributed by atoms with Gasteiger partial charge in [0.2, 0.25) is 11.0 Å². The number of nitrogens with two attached hydrogens (primary N) is 1. The first-order valence-electron chi connectivity index (χ1n) is 9.84. The fraction of sp³-hybridized carbons (Fsp3) is 0.350. The largest absolute Gasteiger partial charge is 0.383 e. The number of nitrogens with one attached hydrogen (secondary N) is 2. The normalized spacial score (nSPS) is 14.0. The van der Waals surface area contributed by atoms with Crippen LogP contribution in [-0.4, -0.2) is 49.0 Å². The van der Waals surface area contributed by atoms with Gasteiger partial charge in [0.05, 0.1) is 35.0 Å². The lowest BCUT2D eigenvalue weighted by Crippen LogP contribution is -2.36. The molecule has 4 rings (SSSR count). The third-order valence-corrected chi connectivity index (χ3v) is 6.62. The Labute approximate surface area is 183 Å². The Morgan fingerprint density at radius 1 is 1.27 bits per heavy atom. The summed E-state index contributed by atoms with van der Waals surface area (Å²) in [5.41, 5.74) is 9.06. The number of rotatable bonds is 8. The molecule has 2 aromatic heterocycles. The van der Waals surface area contributed by atoms with Crippen LogP contribution in [0.2, 0.25) is 0 Å². The number of hydrogen-bond donors (Lipinski definition) is 3. The standard InChI is InChI=1S/C20H24N6O2S2/c1-2-5-22-15-4-3-14(11-16(15)26-6-8-28-9-7-26)23-20-25-24-19(30-20)17-10-13(12-29-17)18(21)27/h3-4,10-12,22H,2,5-9H2,1H3,(H2,21,27)(H,23,25). The van der Waals surface area contributed by atoms with Crippen LogP contribution in [0.3, 0.4) is 0 Å². The third-order valence-electron chi connectivity index (χ3n) is 4.69. The molecule has 0 bridgehead atoms. The van der Waals surface area contributed by atoms with Crippen molar-refractivity contribution in [3.05, 3.63) is 35.2 Å². The van der Waals surface area contributed by atoms with Crippen LogP contribution in [0.15, 0.2) is 29.6 Å². The minimum absolute atomic E-state index is 0.437. The highest BCUT2D eigenvalue weighted by atomic mass is 32.1. The van der Waals surface area contributed by atoms with Crippen LogP contribution in [0.4, 0.5) is 22.2 Å². The summed E-state index contributed by atoms with van der Waals surface area (Å²) in [6.45, 7) is 6.29. The second kappa shape index (κ2) is 9.41. The van der Waals surface area contributed by atoms with Gasteiger partial charge in [0, 0.05) is 30.7 Å². The lowest BCUT2D eigenvalue weighted by atomic mass is 10.2. The number of carbonyl (C=O) groups is 1. The van der Waals surface area contributed by atoms with Crippen LogP contribution in [-0.2, 0) is 4.74 Å². The molecule has 10 heteroatoms. The van der Waals surface area contributed by atoms with Gasteiger partial charge in [-0.15, -0.1) is 21.5 Å². The first kappa shape index (κ1) is 20.6. The van der Waals surface area contributed by atoms with Gasteiger partial charge >= 0.3 is 0 Å². The summed E-state index contributed by atoms with van der Waals surface area (Å²) in [6, 6.07) is 8.03. The Morgan fingerprint density at radius 3 is 2.83 bits per heavy atom. The van der Waals surface area contributed by atoms with Gasteiger partial charge in [0.25, 0.3) is 0 Å². The van der Waals surface area contributed by atoms with E-state index in [4.69, 9.17) is 10.5 Å². The average molecular weight is 445 g/mol. The van der Waals surface area contributed by atoms with Crippen molar-refractivity contribution in [2.24, 2.45) is 5.73 Å².